The monoisotopic (exact) mass is 313 g/mol. The molecule has 114 valence electrons. The van der Waals surface area contributed by atoms with E-state index in [1.54, 1.807) is 0 Å². The van der Waals surface area contributed by atoms with Crippen molar-refractivity contribution in [2.24, 2.45) is 5.41 Å². The van der Waals surface area contributed by atoms with Crippen molar-refractivity contribution in [2.45, 2.75) is 19.8 Å². The third kappa shape index (κ3) is 4.84. The van der Waals surface area contributed by atoms with E-state index in [2.05, 4.69) is 17.0 Å². The standard InChI is InChI=1S/C11H23N3O3S.ClH/c1-11(2-4-12-5-3-11)10-13-18(15,16)14-6-8-17-9-7-14;/h12-13H,2-10H2,1H3;1H. The first-order chi connectivity index (χ1) is 8.52. The summed E-state index contributed by atoms with van der Waals surface area (Å²) < 4.78 is 33.6. The molecule has 0 aliphatic carbocycles. The third-order valence-electron chi connectivity index (χ3n) is 3.80. The Hall–Kier alpha value is 0.0800. The Labute approximate surface area is 121 Å². The van der Waals surface area contributed by atoms with Crippen molar-refractivity contribution in [3.63, 3.8) is 0 Å². The van der Waals surface area contributed by atoms with Gasteiger partial charge in [-0.3, -0.25) is 0 Å². The topological polar surface area (TPSA) is 70.7 Å². The van der Waals surface area contributed by atoms with Crippen molar-refractivity contribution >= 4 is 22.6 Å². The lowest BCUT2D eigenvalue weighted by atomic mass is 9.81. The quantitative estimate of drug-likeness (QED) is 0.764. The number of halogens is 1. The van der Waals surface area contributed by atoms with Gasteiger partial charge in [-0.15, -0.1) is 12.4 Å². The van der Waals surface area contributed by atoms with E-state index in [1.165, 1.54) is 4.31 Å². The van der Waals surface area contributed by atoms with E-state index in [1.807, 2.05) is 0 Å². The van der Waals surface area contributed by atoms with Gasteiger partial charge in [-0.25, -0.2) is 4.72 Å². The van der Waals surface area contributed by atoms with Crippen molar-refractivity contribution in [3.8, 4) is 0 Å². The molecule has 0 atom stereocenters. The van der Waals surface area contributed by atoms with Crippen molar-refractivity contribution in [3.05, 3.63) is 0 Å². The van der Waals surface area contributed by atoms with E-state index in [4.69, 9.17) is 4.74 Å². The molecule has 2 heterocycles. The second-order valence-electron chi connectivity index (χ2n) is 5.40. The van der Waals surface area contributed by atoms with Crippen LogP contribution in [0.3, 0.4) is 0 Å². The molecule has 2 rings (SSSR count). The van der Waals surface area contributed by atoms with E-state index in [9.17, 15) is 8.42 Å². The molecular formula is C11H24ClN3O3S. The Bertz CT molecular complexity index is 365. The largest absolute Gasteiger partial charge is 0.379 e. The second-order valence-corrected chi connectivity index (χ2v) is 7.15. The summed E-state index contributed by atoms with van der Waals surface area (Å²) in [4.78, 5) is 0. The minimum Gasteiger partial charge on any atom is -0.379 e. The van der Waals surface area contributed by atoms with Gasteiger partial charge in [-0.1, -0.05) is 6.92 Å². The highest BCUT2D eigenvalue weighted by Crippen LogP contribution is 2.27. The average molecular weight is 314 g/mol. The summed E-state index contributed by atoms with van der Waals surface area (Å²) >= 11 is 0. The molecule has 0 aromatic rings. The molecular weight excluding hydrogens is 290 g/mol. The Morgan fingerprint density at radius 1 is 1.26 bits per heavy atom. The van der Waals surface area contributed by atoms with Crippen LogP contribution in [0.15, 0.2) is 0 Å². The van der Waals surface area contributed by atoms with Crippen molar-refractivity contribution in [1.82, 2.24) is 14.3 Å². The van der Waals surface area contributed by atoms with Gasteiger partial charge in [0.2, 0.25) is 0 Å². The van der Waals surface area contributed by atoms with E-state index in [0.29, 0.717) is 32.8 Å². The lowest BCUT2D eigenvalue weighted by molar-refractivity contribution is 0.0722. The molecule has 0 amide bonds. The minimum atomic E-state index is -3.34. The van der Waals surface area contributed by atoms with Crippen LogP contribution in [0.4, 0.5) is 0 Å². The molecule has 2 N–H and O–H groups in total. The molecule has 0 saturated carbocycles. The predicted molar refractivity (Wildman–Crippen MR) is 76.8 cm³/mol. The van der Waals surface area contributed by atoms with Gasteiger partial charge in [0.05, 0.1) is 13.2 Å². The maximum atomic E-state index is 12.1. The molecule has 2 fully saturated rings. The van der Waals surface area contributed by atoms with E-state index >= 15 is 0 Å². The van der Waals surface area contributed by atoms with Crippen molar-refractivity contribution in [1.29, 1.82) is 0 Å². The van der Waals surface area contributed by atoms with Crippen LogP contribution in [0.2, 0.25) is 0 Å². The lowest BCUT2D eigenvalue weighted by Crippen LogP contribution is -2.50. The van der Waals surface area contributed by atoms with Crippen molar-refractivity contribution in [2.75, 3.05) is 45.9 Å². The second kappa shape index (κ2) is 7.19. The van der Waals surface area contributed by atoms with Gasteiger partial charge in [0.1, 0.15) is 0 Å². The lowest BCUT2D eigenvalue weighted by Gasteiger charge is -2.35. The zero-order valence-electron chi connectivity index (χ0n) is 11.4. The van der Waals surface area contributed by atoms with Gasteiger partial charge in [-0.2, -0.15) is 12.7 Å². The van der Waals surface area contributed by atoms with Crippen LogP contribution in [0.25, 0.3) is 0 Å². The SMILES string of the molecule is CC1(CNS(=O)(=O)N2CCOCC2)CCNCC1.Cl. The van der Waals surface area contributed by atoms with Crippen LogP contribution in [-0.2, 0) is 14.9 Å². The van der Waals surface area contributed by atoms with E-state index in [0.717, 1.165) is 25.9 Å². The van der Waals surface area contributed by atoms with Crippen LogP contribution in [0, 0.1) is 5.41 Å². The molecule has 0 radical (unpaired) electrons. The van der Waals surface area contributed by atoms with Gasteiger partial charge >= 0.3 is 0 Å². The first-order valence-corrected chi connectivity index (χ1v) is 7.99. The third-order valence-corrected chi connectivity index (χ3v) is 5.36. The first kappa shape index (κ1) is 17.1. The fraction of sp³-hybridized carbons (Fsp3) is 1.00. The summed E-state index contributed by atoms with van der Waals surface area (Å²) in [5.74, 6) is 0. The minimum absolute atomic E-state index is 0. The number of hydrogen-bond acceptors (Lipinski definition) is 4. The molecule has 0 aromatic heterocycles. The Balaban J connectivity index is 0.00000180. The summed E-state index contributed by atoms with van der Waals surface area (Å²) in [5, 5.41) is 3.30. The molecule has 2 aliphatic rings. The molecule has 0 spiro atoms. The van der Waals surface area contributed by atoms with Crippen LogP contribution >= 0.6 is 12.4 Å². The van der Waals surface area contributed by atoms with E-state index in [-0.39, 0.29) is 17.8 Å². The Kier molecular flexibility index (Phi) is 6.49. The number of ether oxygens (including phenoxy) is 1. The maximum Gasteiger partial charge on any atom is 0.279 e. The number of rotatable bonds is 4. The summed E-state index contributed by atoms with van der Waals surface area (Å²) in [6, 6.07) is 0. The summed E-state index contributed by atoms with van der Waals surface area (Å²) in [6.07, 6.45) is 2.03. The molecule has 2 aliphatic heterocycles. The average Bonchev–Trinajstić information content (AvgIpc) is 2.39. The summed E-state index contributed by atoms with van der Waals surface area (Å²) in [6.45, 7) is 6.49. The molecule has 0 aromatic carbocycles. The van der Waals surface area contributed by atoms with Crippen LogP contribution < -0.4 is 10.0 Å². The molecule has 0 bridgehead atoms. The van der Waals surface area contributed by atoms with E-state index < -0.39 is 10.2 Å². The van der Waals surface area contributed by atoms with Crippen LogP contribution in [0.1, 0.15) is 19.8 Å². The maximum absolute atomic E-state index is 12.1. The summed E-state index contributed by atoms with van der Waals surface area (Å²) in [7, 11) is -3.34. The van der Waals surface area contributed by atoms with Gasteiger partial charge < -0.3 is 10.1 Å². The highest BCUT2D eigenvalue weighted by molar-refractivity contribution is 7.87. The molecule has 8 heteroatoms. The molecule has 2 saturated heterocycles. The van der Waals surface area contributed by atoms with Gasteiger partial charge in [0.25, 0.3) is 10.2 Å². The van der Waals surface area contributed by atoms with Gasteiger partial charge in [0, 0.05) is 19.6 Å². The molecule has 19 heavy (non-hydrogen) atoms. The smallest absolute Gasteiger partial charge is 0.279 e. The number of morpholine rings is 1. The molecule has 6 nitrogen and oxygen atoms in total. The Morgan fingerprint density at radius 2 is 1.84 bits per heavy atom. The summed E-state index contributed by atoms with van der Waals surface area (Å²) in [5.41, 5.74) is 0.0740. The number of nitrogens with one attached hydrogen (secondary N) is 2. The van der Waals surface area contributed by atoms with Gasteiger partial charge in [-0.05, 0) is 31.3 Å². The zero-order valence-corrected chi connectivity index (χ0v) is 13.0. The highest BCUT2D eigenvalue weighted by atomic mass is 35.5. The number of nitrogens with zero attached hydrogens (tertiary/aromatic N) is 1. The Morgan fingerprint density at radius 3 is 2.42 bits per heavy atom. The van der Waals surface area contributed by atoms with Gasteiger partial charge in [0.15, 0.2) is 0 Å². The predicted octanol–water partition coefficient (Wildman–Crippen LogP) is -0.0355. The number of hydrogen-bond donors (Lipinski definition) is 2. The van der Waals surface area contributed by atoms with Crippen molar-refractivity contribution < 1.29 is 13.2 Å². The highest BCUT2D eigenvalue weighted by Gasteiger charge is 2.30. The fourth-order valence-corrected chi connectivity index (χ4v) is 3.69. The molecule has 0 unspecified atom stereocenters. The fourth-order valence-electron chi connectivity index (χ4n) is 2.35. The number of piperidine rings is 1. The zero-order chi connectivity index (χ0) is 13.1. The first-order valence-electron chi connectivity index (χ1n) is 6.55. The normalized spacial score (nSPS) is 24.7. The van der Waals surface area contributed by atoms with Crippen LogP contribution in [-0.4, -0.2) is 58.7 Å². The van der Waals surface area contributed by atoms with Crippen LogP contribution in [0.5, 0.6) is 0 Å².